The van der Waals surface area contributed by atoms with Gasteiger partial charge in [0.15, 0.2) is 0 Å². The number of furan rings is 1. The van der Waals surface area contributed by atoms with E-state index in [0.717, 1.165) is 12.3 Å². The first kappa shape index (κ1) is 14.4. The van der Waals surface area contributed by atoms with Gasteiger partial charge in [-0.3, -0.25) is 4.79 Å². The van der Waals surface area contributed by atoms with Gasteiger partial charge in [-0.2, -0.15) is 0 Å². The average Bonchev–Trinajstić information content (AvgIpc) is 2.94. The first-order valence-electron chi connectivity index (χ1n) is 6.41. The van der Waals surface area contributed by atoms with Gasteiger partial charge < -0.3 is 15.1 Å². The molecule has 2 heterocycles. The van der Waals surface area contributed by atoms with Crippen molar-refractivity contribution < 1.29 is 9.21 Å². The molecule has 2 aromatic heterocycles. The minimum absolute atomic E-state index is 0.226. The molecule has 0 saturated carbocycles. The zero-order chi connectivity index (χ0) is 14.4. The Morgan fingerprint density at radius 3 is 2.95 bits per heavy atom. The molecule has 2 rings (SSSR count). The van der Waals surface area contributed by atoms with Gasteiger partial charge >= 0.3 is 0 Å². The van der Waals surface area contributed by atoms with Gasteiger partial charge in [-0.15, -0.1) is 0 Å². The largest absolute Gasteiger partial charge is 0.469 e. The summed E-state index contributed by atoms with van der Waals surface area (Å²) in [4.78, 5) is 16.2. The minimum atomic E-state index is -0.290. The topological polar surface area (TPSA) is 67.2 Å². The van der Waals surface area contributed by atoms with E-state index in [1.54, 1.807) is 18.4 Å². The molecule has 0 bridgehead atoms. The van der Waals surface area contributed by atoms with Gasteiger partial charge in [-0.25, -0.2) is 4.98 Å². The standard InChI is InChI=1S/C14H16ClN3O2/c1-2-16-12-6-5-11(15)13(18-12)14(19)17-8-7-10-4-3-9-20-10/h3-6,9H,2,7-8H2,1H3,(H,16,18)(H,17,19). The number of aromatic nitrogens is 1. The predicted molar refractivity (Wildman–Crippen MR) is 78.2 cm³/mol. The average molecular weight is 294 g/mol. The maximum absolute atomic E-state index is 12.0. The van der Waals surface area contributed by atoms with Crippen LogP contribution in [0.5, 0.6) is 0 Å². The fourth-order valence-electron chi connectivity index (χ4n) is 1.72. The molecule has 1 amide bonds. The maximum atomic E-state index is 12.0. The van der Waals surface area contributed by atoms with E-state index in [1.807, 2.05) is 19.1 Å². The Balaban J connectivity index is 1.95. The van der Waals surface area contributed by atoms with Crippen molar-refractivity contribution in [3.05, 3.63) is 47.0 Å². The zero-order valence-corrected chi connectivity index (χ0v) is 11.9. The second kappa shape index (κ2) is 6.96. The highest BCUT2D eigenvalue weighted by atomic mass is 35.5. The summed E-state index contributed by atoms with van der Waals surface area (Å²) in [6.45, 7) is 3.16. The number of nitrogens with zero attached hydrogens (tertiary/aromatic N) is 1. The second-order valence-electron chi connectivity index (χ2n) is 4.14. The molecule has 0 aliphatic heterocycles. The van der Waals surface area contributed by atoms with Crippen LogP contribution in [0.2, 0.25) is 5.02 Å². The number of nitrogens with one attached hydrogen (secondary N) is 2. The molecule has 6 heteroatoms. The van der Waals surface area contributed by atoms with Crippen LogP contribution in [-0.2, 0) is 6.42 Å². The smallest absolute Gasteiger partial charge is 0.271 e. The molecule has 106 valence electrons. The van der Waals surface area contributed by atoms with Gasteiger partial charge in [0.25, 0.3) is 5.91 Å². The number of carbonyl (C=O) groups excluding carboxylic acids is 1. The van der Waals surface area contributed by atoms with Crippen molar-refractivity contribution in [1.29, 1.82) is 0 Å². The highest BCUT2D eigenvalue weighted by molar-refractivity contribution is 6.33. The second-order valence-corrected chi connectivity index (χ2v) is 4.55. The van der Waals surface area contributed by atoms with E-state index in [1.165, 1.54) is 0 Å². The fraction of sp³-hybridized carbons (Fsp3) is 0.286. The summed E-state index contributed by atoms with van der Waals surface area (Å²) in [7, 11) is 0. The van der Waals surface area contributed by atoms with Crippen molar-refractivity contribution in [2.45, 2.75) is 13.3 Å². The molecule has 5 nitrogen and oxygen atoms in total. The number of anilines is 1. The Kier molecular flexibility index (Phi) is 5.01. The Morgan fingerprint density at radius 1 is 1.40 bits per heavy atom. The summed E-state index contributed by atoms with van der Waals surface area (Å²) in [6.07, 6.45) is 2.23. The third-order valence-electron chi connectivity index (χ3n) is 2.66. The van der Waals surface area contributed by atoms with Gasteiger partial charge in [0.2, 0.25) is 0 Å². The lowest BCUT2D eigenvalue weighted by Crippen LogP contribution is -2.27. The van der Waals surface area contributed by atoms with Crippen LogP contribution in [0.4, 0.5) is 5.82 Å². The molecule has 20 heavy (non-hydrogen) atoms. The van der Waals surface area contributed by atoms with Gasteiger partial charge in [-0.1, -0.05) is 11.6 Å². The van der Waals surface area contributed by atoms with Crippen LogP contribution in [0.1, 0.15) is 23.2 Å². The molecular formula is C14H16ClN3O2. The Labute approximate surface area is 122 Å². The minimum Gasteiger partial charge on any atom is -0.469 e. The summed E-state index contributed by atoms with van der Waals surface area (Å²) in [6, 6.07) is 7.08. The molecule has 0 atom stereocenters. The number of hydrogen-bond donors (Lipinski definition) is 2. The van der Waals surface area contributed by atoms with Crippen molar-refractivity contribution in [3.8, 4) is 0 Å². The number of pyridine rings is 1. The normalized spacial score (nSPS) is 10.3. The lowest BCUT2D eigenvalue weighted by molar-refractivity contribution is 0.0949. The molecule has 2 N–H and O–H groups in total. The van der Waals surface area contributed by atoms with Crippen LogP contribution in [0.15, 0.2) is 34.9 Å². The zero-order valence-electron chi connectivity index (χ0n) is 11.1. The fourth-order valence-corrected chi connectivity index (χ4v) is 1.91. The van der Waals surface area contributed by atoms with Crippen LogP contribution < -0.4 is 10.6 Å². The van der Waals surface area contributed by atoms with E-state index < -0.39 is 0 Å². The van der Waals surface area contributed by atoms with Crippen LogP contribution in [0, 0.1) is 0 Å². The van der Waals surface area contributed by atoms with E-state index in [0.29, 0.717) is 23.8 Å². The number of halogens is 1. The van der Waals surface area contributed by atoms with E-state index in [-0.39, 0.29) is 11.6 Å². The summed E-state index contributed by atoms with van der Waals surface area (Å²) >= 11 is 6.00. The van der Waals surface area contributed by atoms with E-state index in [4.69, 9.17) is 16.0 Å². The van der Waals surface area contributed by atoms with Gasteiger partial charge in [0.1, 0.15) is 17.3 Å². The Morgan fingerprint density at radius 2 is 2.25 bits per heavy atom. The van der Waals surface area contributed by atoms with Crippen LogP contribution in [0.3, 0.4) is 0 Å². The lowest BCUT2D eigenvalue weighted by atomic mass is 10.3. The number of carbonyl (C=O) groups is 1. The number of rotatable bonds is 6. The summed E-state index contributed by atoms with van der Waals surface area (Å²) in [5.74, 6) is 1.17. The van der Waals surface area contributed by atoms with Crippen molar-refractivity contribution >= 4 is 23.3 Å². The molecule has 0 aliphatic carbocycles. The Bertz CT molecular complexity index is 570. The van der Waals surface area contributed by atoms with Crippen molar-refractivity contribution in [3.63, 3.8) is 0 Å². The van der Waals surface area contributed by atoms with Crippen molar-refractivity contribution in [2.75, 3.05) is 18.4 Å². The van der Waals surface area contributed by atoms with Crippen molar-refractivity contribution in [1.82, 2.24) is 10.3 Å². The van der Waals surface area contributed by atoms with Crippen LogP contribution in [-0.4, -0.2) is 24.0 Å². The number of hydrogen-bond acceptors (Lipinski definition) is 4. The molecule has 0 saturated heterocycles. The van der Waals surface area contributed by atoms with Crippen LogP contribution in [0.25, 0.3) is 0 Å². The van der Waals surface area contributed by atoms with E-state index >= 15 is 0 Å². The van der Waals surface area contributed by atoms with E-state index in [2.05, 4.69) is 15.6 Å². The molecule has 0 unspecified atom stereocenters. The summed E-state index contributed by atoms with van der Waals surface area (Å²) in [5.41, 5.74) is 0.226. The SMILES string of the molecule is CCNc1ccc(Cl)c(C(=O)NCCc2ccco2)n1. The lowest BCUT2D eigenvalue weighted by Gasteiger charge is -2.08. The predicted octanol–water partition coefficient (Wildman–Crippen LogP) is 2.73. The highest BCUT2D eigenvalue weighted by Gasteiger charge is 2.12. The highest BCUT2D eigenvalue weighted by Crippen LogP contribution is 2.16. The summed E-state index contributed by atoms with van der Waals surface area (Å²) < 4.78 is 5.19. The third-order valence-corrected chi connectivity index (χ3v) is 2.96. The van der Waals surface area contributed by atoms with Gasteiger partial charge in [0.05, 0.1) is 11.3 Å². The third kappa shape index (κ3) is 3.74. The molecule has 0 spiro atoms. The van der Waals surface area contributed by atoms with Crippen LogP contribution >= 0.6 is 11.6 Å². The summed E-state index contributed by atoms with van der Waals surface area (Å²) in [5, 5.41) is 6.15. The molecule has 0 aromatic carbocycles. The molecule has 2 aromatic rings. The number of amides is 1. The first-order valence-corrected chi connectivity index (χ1v) is 6.79. The Hall–Kier alpha value is -2.01. The quantitative estimate of drug-likeness (QED) is 0.859. The van der Waals surface area contributed by atoms with Crippen molar-refractivity contribution in [2.24, 2.45) is 0 Å². The maximum Gasteiger partial charge on any atom is 0.271 e. The molecule has 0 fully saturated rings. The molecule has 0 aliphatic rings. The van der Waals surface area contributed by atoms with E-state index in [9.17, 15) is 4.79 Å². The molecule has 0 radical (unpaired) electrons. The first-order chi connectivity index (χ1) is 9.70. The monoisotopic (exact) mass is 293 g/mol. The van der Waals surface area contributed by atoms with Gasteiger partial charge in [0, 0.05) is 19.5 Å². The van der Waals surface area contributed by atoms with Gasteiger partial charge in [-0.05, 0) is 31.2 Å². The molecular weight excluding hydrogens is 278 g/mol.